The number of esters is 2. The molecule has 3 nitrogen and oxygen atoms in total. The maximum Gasteiger partial charge on any atom is 3.00 e. The number of carbonyl (C=O) groups excluding carboxylic acids is 2. The fourth-order valence-corrected chi connectivity index (χ4v) is 0.202. The monoisotopic (exact) mass is 217 g/mol. The molecule has 0 amide bonds. The Bertz CT molecular complexity index is 87.5. The largest absolute Gasteiger partial charge is 3.00 e. The van der Waals surface area contributed by atoms with E-state index in [9.17, 15) is 9.59 Å². The van der Waals surface area contributed by atoms with Crippen LogP contribution in [0.3, 0.4) is 0 Å². The summed E-state index contributed by atoms with van der Waals surface area (Å²) < 4.78 is 3.97. The van der Waals surface area contributed by atoms with Crippen molar-refractivity contribution in [1.82, 2.24) is 0 Å². The van der Waals surface area contributed by atoms with Crippen LogP contribution in [0.15, 0.2) is 0 Å². The number of rotatable bonds is 0. The minimum absolute atomic E-state index is 0. The molecule has 0 aliphatic heterocycles. The summed E-state index contributed by atoms with van der Waals surface area (Å²) in [5.74, 6) is -1.12. The fourth-order valence-electron chi connectivity index (χ4n) is 0.202. The van der Waals surface area contributed by atoms with Crippen LogP contribution in [-0.2, 0) is 14.3 Å². The van der Waals surface area contributed by atoms with E-state index in [1.165, 1.54) is 13.8 Å². The van der Waals surface area contributed by atoms with E-state index in [-0.39, 0.29) is 25.8 Å². The van der Waals surface area contributed by atoms with Crippen LogP contribution in [0.2, 0.25) is 0 Å². The van der Waals surface area contributed by atoms with Crippen LogP contribution in [0.4, 0.5) is 0 Å². The molecule has 0 aromatic rings. The normalized spacial score (nSPS) is 6.75. The Morgan fingerprint density at radius 3 is 1.38 bits per heavy atom. The maximum absolute atomic E-state index is 9.81. The van der Waals surface area contributed by atoms with Gasteiger partial charge in [-0.25, -0.2) is 0 Å². The topological polar surface area (TPSA) is 43.4 Å². The molecule has 40 valence electrons. The van der Waals surface area contributed by atoms with E-state index in [0.29, 0.717) is 0 Å². The molecule has 0 spiro atoms. The molecule has 0 heterocycles. The summed E-state index contributed by atoms with van der Waals surface area (Å²) in [6, 6.07) is 0. The summed E-state index contributed by atoms with van der Waals surface area (Å²) in [6.45, 7) is 2.36. The predicted octanol–water partition coefficient (Wildman–Crippen LogP) is -0.285. The molecule has 0 aromatic heterocycles. The van der Waals surface area contributed by atoms with Crippen LogP contribution in [0, 0.1) is 0 Å². The van der Waals surface area contributed by atoms with Crippen molar-refractivity contribution in [2.24, 2.45) is 0 Å². The molecule has 0 saturated carbocycles. The number of hydrogen-bond donors (Lipinski definition) is 0. The van der Waals surface area contributed by atoms with E-state index in [0.717, 1.165) is 0 Å². The van der Waals surface area contributed by atoms with Crippen molar-refractivity contribution in [3.8, 4) is 0 Å². The zero-order valence-electron chi connectivity index (χ0n) is 4.80. The molecule has 0 atom stereocenters. The van der Waals surface area contributed by atoms with Gasteiger partial charge < -0.3 is 4.74 Å². The summed E-state index contributed by atoms with van der Waals surface area (Å²) in [4.78, 5) is 19.6. The smallest absolute Gasteiger partial charge is 0.394 e. The van der Waals surface area contributed by atoms with E-state index in [1.807, 2.05) is 0 Å². The van der Waals surface area contributed by atoms with Gasteiger partial charge in [0.2, 0.25) is 0 Å². The Kier molecular flexibility index (Phi) is 7.02. The van der Waals surface area contributed by atoms with Crippen LogP contribution < -0.4 is 0 Å². The quantitative estimate of drug-likeness (QED) is 0.413. The summed E-state index contributed by atoms with van der Waals surface area (Å²) in [5, 5.41) is 0. The van der Waals surface area contributed by atoms with E-state index in [1.54, 1.807) is 0 Å². The van der Waals surface area contributed by atoms with Gasteiger partial charge in [0.25, 0.3) is 0 Å². The van der Waals surface area contributed by atoms with Crippen molar-refractivity contribution in [2.45, 2.75) is 13.8 Å². The molecule has 0 aliphatic rings. The standard InChI is InChI=1S/C4H6O3.In/c1-3(5)7-4(2)6;/h1-2H3;/q;+3. The first-order chi connectivity index (χ1) is 3.13. The molecular weight excluding hydrogens is 211 g/mol. The average Bonchev–Trinajstić information content (AvgIpc) is 1.27. The molecule has 0 bridgehead atoms. The Hall–Kier alpha value is 0.0101. The van der Waals surface area contributed by atoms with E-state index < -0.39 is 11.9 Å². The fraction of sp³-hybridized carbons (Fsp3) is 0.500. The molecule has 0 radical (unpaired) electrons. The first-order valence-electron chi connectivity index (χ1n) is 1.82. The Balaban J connectivity index is 0. The van der Waals surface area contributed by atoms with Crippen LogP contribution in [-0.4, -0.2) is 37.8 Å². The van der Waals surface area contributed by atoms with Crippen LogP contribution >= 0.6 is 0 Å². The number of hydrogen-bond acceptors (Lipinski definition) is 3. The van der Waals surface area contributed by atoms with Crippen molar-refractivity contribution in [2.75, 3.05) is 0 Å². The molecular formula is C4H6InO3+3. The van der Waals surface area contributed by atoms with Crippen molar-refractivity contribution >= 4 is 37.8 Å². The van der Waals surface area contributed by atoms with Gasteiger partial charge >= 0.3 is 37.8 Å². The molecule has 0 aliphatic carbocycles. The van der Waals surface area contributed by atoms with Gasteiger partial charge in [-0.05, 0) is 0 Å². The van der Waals surface area contributed by atoms with Crippen LogP contribution in [0.25, 0.3) is 0 Å². The summed E-state index contributed by atoms with van der Waals surface area (Å²) in [7, 11) is 0. The molecule has 0 fully saturated rings. The van der Waals surface area contributed by atoms with Gasteiger partial charge in [0.05, 0.1) is 0 Å². The maximum atomic E-state index is 9.81. The second-order valence-electron chi connectivity index (χ2n) is 1.09. The Morgan fingerprint density at radius 2 is 1.38 bits per heavy atom. The summed E-state index contributed by atoms with van der Waals surface area (Å²) >= 11 is 0. The van der Waals surface area contributed by atoms with Gasteiger partial charge in [-0.3, -0.25) is 9.59 Å². The van der Waals surface area contributed by atoms with Gasteiger partial charge in [-0.2, -0.15) is 0 Å². The van der Waals surface area contributed by atoms with Crippen LogP contribution in [0.1, 0.15) is 13.8 Å². The third-order valence-electron chi connectivity index (χ3n) is 0.287. The van der Waals surface area contributed by atoms with Crippen molar-refractivity contribution in [3.63, 3.8) is 0 Å². The van der Waals surface area contributed by atoms with Crippen molar-refractivity contribution in [3.05, 3.63) is 0 Å². The third-order valence-corrected chi connectivity index (χ3v) is 0.287. The van der Waals surface area contributed by atoms with E-state index >= 15 is 0 Å². The molecule has 0 aromatic carbocycles. The zero-order chi connectivity index (χ0) is 5.86. The predicted molar refractivity (Wildman–Crippen MR) is 28.2 cm³/mol. The number of ether oxygens (including phenoxy) is 1. The second kappa shape index (κ2) is 5.15. The molecule has 4 heteroatoms. The second-order valence-corrected chi connectivity index (χ2v) is 1.09. The first-order valence-corrected chi connectivity index (χ1v) is 1.82. The van der Waals surface area contributed by atoms with E-state index in [2.05, 4.69) is 4.74 Å². The van der Waals surface area contributed by atoms with Gasteiger partial charge in [-0.15, -0.1) is 0 Å². The Morgan fingerprint density at radius 1 is 1.12 bits per heavy atom. The van der Waals surface area contributed by atoms with Gasteiger partial charge in [0, 0.05) is 13.8 Å². The molecule has 0 unspecified atom stereocenters. The van der Waals surface area contributed by atoms with Crippen molar-refractivity contribution in [1.29, 1.82) is 0 Å². The first kappa shape index (κ1) is 10.9. The van der Waals surface area contributed by atoms with E-state index in [4.69, 9.17) is 0 Å². The number of carbonyl (C=O) groups is 2. The SMILES string of the molecule is CC(=O)OC(C)=O.[In+3]. The van der Waals surface area contributed by atoms with Gasteiger partial charge in [0.15, 0.2) is 0 Å². The molecule has 0 rings (SSSR count). The molecule has 0 saturated heterocycles. The Labute approximate surface area is 66.2 Å². The average molecular weight is 217 g/mol. The minimum Gasteiger partial charge on any atom is -0.394 e. The third kappa shape index (κ3) is 9.38. The molecule has 8 heavy (non-hydrogen) atoms. The van der Waals surface area contributed by atoms with Crippen molar-refractivity contribution < 1.29 is 14.3 Å². The molecule has 0 N–H and O–H groups in total. The summed E-state index contributed by atoms with van der Waals surface area (Å²) in [6.07, 6.45) is 0. The van der Waals surface area contributed by atoms with Gasteiger partial charge in [0.1, 0.15) is 0 Å². The van der Waals surface area contributed by atoms with Gasteiger partial charge in [-0.1, -0.05) is 0 Å². The zero-order valence-corrected chi connectivity index (χ0v) is 8.10. The summed E-state index contributed by atoms with van der Waals surface area (Å²) in [5.41, 5.74) is 0. The minimum atomic E-state index is -0.562. The van der Waals surface area contributed by atoms with Crippen LogP contribution in [0.5, 0.6) is 0 Å².